The first-order chi connectivity index (χ1) is 29.3. The van der Waals surface area contributed by atoms with E-state index in [2.05, 4.69) is 221 Å². The Balaban J connectivity index is 1.22. The summed E-state index contributed by atoms with van der Waals surface area (Å²) in [4.78, 5) is 2.62. The SMILES string of the molecule is CC1(C)c2ccccc2-c2cc(N(c3ccc4c(c3)-c3ccccc3C4(C)C)c3c4c(cc5ccccc35)C(C3=CC=CCC3)(c3ccccc3)c3ccccc3-4)ccc21. The molecule has 4 aliphatic carbocycles. The highest BCUT2D eigenvalue weighted by molar-refractivity contribution is 6.11. The number of allylic oxidation sites excluding steroid dienone is 4. The van der Waals surface area contributed by atoms with Gasteiger partial charge in [-0.1, -0.05) is 191 Å². The number of hydrogen-bond donors (Lipinski definition) is 0. The fourth-order valence-electron chi connectivity index (χ4n) is 11.8. The van der Waals surface area contributed by atoms with Gasteiger partial charge in [-0.3, -0.25) is 0 Å². The molecule has 0 saturated carbocycles. The van der Waals surface area contributed by atoms with E-state index in [1.54, 1.807) is 0 Å². The Kier molecular flexibility index (Phi) is 7.44. The zero-order chi connectivity index (χ0) is 40.4. The van der Waals surface area contributed by atoms with Crippen LogP contribution in [0.4, 0.5) is 17.1 Å². The van der Waals surface area contributed by atoms with Crippen molar-refractivity contribution in [2.24, 2.45) is 0 Å². The molecule has 8 aromatic carbocycles. The summed E-state index contributed by atoms with van der Waals surface area (Å²) >= 11 is 0. The Labute approximate surface area is 354 Å². The molecule has 0 aliphatic heterocycles. The van der Waals surface area contributed by atoms with Crippen molar-refractivity contribution in [2.45, 2.75) is 56.8 Å². The lowest BCUT2D eigenvalue weighted by Gasteiger charge is -2.37. The van der Waals surface area contributed by atoms with E-state index in [4.69, 9.17) is 0 Å². The Morgan fingerprint density at radius 1 is 0.450 bits per heavy atom. The number of benzene rings is 8. The molecule has 0 spiro atoms. The van der Waals surface area contributed by atoms with Gasteiger partial charge >= 0.3 is 0 Å². The second kappa shape index (κ2) is 12.7. The van der Waals surface area contributed by atoms with E-state index in [9.17, 15) is 0 Å². The molecular formula is C59H47N. The van der Waals surface area contributed by atoms with E-state index in [1.165, 1.54) is 106 Å². The summed E-state index contributed by atoms with van der Waals surface area (Å²) < 4.78 is 0. The second-order valence-electron chi connectivity index (χ2n) is 18.3. The van der Waals surface area contributed by atoms with Crippen molar-refractivity contribution < 1.29 is 0 Å². The fraction of sp³-hybridized carbons (Fsp3) is 0.153. The molecule has 0 aromatic heterocycles. The summed E-state index contributed by atoms with van der Waals surface area (Å²) in [5.74, 6) is 0. The van der Waals surface area contributed by atoms with Crippen LogP contribution in [0.25, 0.3) is 44.2 Å². The Morgan fingerprint density at radius 2 is 0.983 bits per heavy atom. The van der Waals surface area contributed by atoms with Crippen LogP contribution in [0.15, 0.2) is 194 Å². The van der Waals surface area contributed by atoms with Crippen LogP contribution in [0.1, 0.15) is 79.5 Å². The standard InChI is InChI=1S/C59H47N/c1-57(2)49-28-16-13-25-44(49)47-36-41(31-33-51(47)57)60(42-32-34-52-48(37-42)45-26-14-17-29-50(45)58(52,3)4)56-43-24-12-11-19-38(43)35-54-55(56)46-27-15-18-30-53(46)59(54,39-20-7-5-8-21-39)40-22-9-6-10-23-40/h5-9,11-22,24-37H,10,23H2,1-4H3. The number of rotatable bonds is 5. The average molecular weight is 770 g/mol. The molecule has 0 N–H and O–H groups in total. The predicted octanol–water partition coefficient (Wildman–Crippen LogP) is 15.5. The molecule has 4 aliphatic rings. The van der Waals surface area contributed by atoms with Crippen LogP contribution in [0.3, 0.4) is 0 Å². The summed E-state index contributed by atoms with van der Waals surface area (Å²) in [5.41, 5.74) is 21.9. The molecule has 0 saturated heterocycles. The van der Waals surface area contributed by atoms with E-state index in [0.717, 1.165) is 12.8 Å². The Bertz CT molecular complexity index is 3050. The molecular weight excluding hydrogens is 723 g/mol. The van der Waals surface area contributed by atoms with Gasteiger partial charge in [0.1, 0.15) is 0 Å². The lowest BCUT2D eigenvalue weighted by molar-refractivity contribution is 0.660. The molecule has 60 heavy (non-hydrogen) atoms. The minimum absolute atomic E-state index is 0.0881. The lowest BCUT2D eigenvalue weighted by Crippen LogP contribution is -2.30. The third-order valence-corrected chi connectivity index (χ3v) is 14.6. The van der Waals surface area contributed by atoms with E-state index < -0.39 is 5.41 Å². The minimum Gasteiger partial charge on any atom is -0.309 e. The molecule has 1 unspecified atom stereocenters. The van der Waals surface area contributed by atoms with Gasteiger partial charge in [0.15, 0.2) is 0 Å². The Hall–Kier alpha value is -6.70. The van der Waals surface area contributed by atoms with Gasteiger partial charge in [0.2, 0.25) is 0 Å². The van der Waals surface area contributed by atoms with Crippen molar-refractivity contribution in [3.63, 3.8) is 0 Å². The zero-order valence-corrected chi connectivity index (χ0v) is 34.8. The predicted molar refractivity (Wildman–Crippen MR) is 252 cm³/mol. The number of anilines is 3. The van der Waals surface area contributed by atoms with Crippen molar-refractivity contribution in [1.29, 1.82) is 0 Å². The minimum atomic E-state index is -0.454. The van der Waals surface area contributed by atoms with E-state index in [1.807, 2.05) is 0 Å². The molecule has 0 amide bonds. The van der Waals surface area contributed by atoms with E-state index >= 15 is 0 Å². The van der Waals surface area contributed by atoms with Gasteiger partial charge in [0.25, 0.3) is 0 Å². The Morgan fingerprint density at radius 3 is 1.60 bits per heavy atom. The third kappa shape index (κ3) is 4.64. The van der Waals surface area contributed by atoms with Crippen LogP contribution in [0, 0.1) is 0 Å². The van der Waals surface area contributed by atoms with E-state index in [-0.39, 0.29) is 10.8 Å². The highest BCUT2D eigenvalue weighted by Gasteiger charge is 2.49. The molecule has 0 fully saturated rings. The van der Waals surface area contributed by atoms with Gasteiger partial charge in [0.05, 0.1) is 11.1 Å². The van der Waals surface area contributed by atoms with Gasteiger partial charge in [-0.25, -0.2) is 0 Å². The van der Waals surface area contributed by atoms with Gasteiger partial charge in [-0.15, -0.1) is 0 Å². The first-order valence-electron chi connectivity index (χ1n) is 21.7. The van der Waals surface area contributed by atoms with Crippen LogP contribution in [0.5, 0.6) is 0 Å². The molecule has 1 nitrogen and oxygen atoms in total. The van der Waals surface area contributed by atoms with Gasteiger partial charge in [-0.05, 0) is 115 Å². The maximum absolute atomic E-state index is 2.62. The smallest absolute Gasteiger partial charge is 0.0677 e. The van der Waals surface area contributed by atoms with Crippen LogP contribution >= 0.6 is 0 Å². The maximum Gasteiger partial charge on any atom is 0.0677 e. The van der Waals surface area contributed by atoms with Gasteiger partial charge in [-0.2, -0.15) is 0 Å². The van der Waals surface area contributed by atoms with Crippen LogP contribution in [0.2, 0.25) is 0 Å². The largest absolute Gasteiger partial charge is 0.309 e. The third-order valence-electron chi connectivity index (χ3n) is 14.6. The summed E-state index contributed by atoms with van der Waals surface area (Å²) in [6.07, 6.45) is 9.05. The molecule has 8 aromatic rings. The highest BCUT2D eigenvalue weighted by Crippen LogP contribution is 2.63. The van der Waals surface area contributed by atoms with E-state index in [0.29, 0.717) is 0 Å². The number of fused-ring (bicyclic) bond motifs is 10. The van der Waals surface area contributed by atoms with Crippen molar-refractivity contribution in [2.75, 3.05) is 4.90 Å². The molecule has 0 heterocycles. The van der Waals surface area contributed by atoms with Crippen molar-refractivity contribution in [1.82, 2.24) is 0 Å². The summed E-state index contributed by atoms with van der Waals surface area (Å²) in [5, 5.41) is 2.49. The monoisotopic (exact) mass is 769 g/mol. The van der Waals surface area contributed by atoms with Crippen molar-refractivity contribution >= 4 is 27.8 Å². The molecule has 12 rings (SSSR count). The molecule has 1 heteroatoms. The van der Waals surface area contributed by atoms with Crippen LogP contribution in [-0.2, 0) is 16.2 Å². The van der Waals surface area contributed by atoms with Crippen LogP contribution in [-0.4, -0.2) is 0 Å². The van der Waals surface area contributed by atoms with Crippen LogP contribution < -0.4 is 4.90 Å². The highest BCUT2D eigenvalue weighted by atomic mass is 15.1. The van der Waals surface area contributed by atoms with Gasteiger partial charge < -0.3 is 4.90 Å². The molecule has 288 valence electrons. The summed E-state index contributed by atoms with van der Waals surface area (Å²) in [6.45, 7) is 9.51. The fourth-order valence-corrected chi connectivity index (χ4v) is 11.8. The first-order valence-corrected chi connectivity index (χ1v) is 21.7. The normalized spacial score (nSPS) is 18.2. The quantitative estimate of drug-likeness (QED) is 0.169. The first kappa shape index (κ1) is 35.3. The summed E-state index contributed by atoms with van der Waals surface area (Å²) in [7, 11) is 0. The molecule has 1 atom stereocenters. The maximum atomic E-state index is 2.62. The van der Waals surface area contributed by atoms with Crippen molar-refractivity contribution in [3.8, 4) is 33.4 Å². The molecule has 0 bridgehead atoms. The van der Waals surface area contributed by atoms with Crippen molar-refractivity contribution in [3.05, 3.63) is 233 Å². The number of hydrogen-bond acceptors (Lipinski definition) is 1. The average Bonchev–Trinajstić information content (AvgIpc) is 3.81. The number of nitrogens with zero attached hydrogens (tertiary/aromatic N) is 1. The topological polar surface area (TPSA) is 3.24 Å². The second-order valence-corrected chi connectivity index (χ2v) is 18.3. The summed E-state index contributed by atoms with van der Waals surface area (Å²) in [6, 6.07) is 64.9. The molecule has 0 radical (unpaired) electrons. The lowest BCUT2D eigenvalue weighted by atomic mass is 9.65. The van der Waals surface area contributed by atoms with Gasteiger partial charge in [0, 0.05) is 33.2 Å². The zero-order valence-electron chi connectivity index (χ0n) is 34.8.